The van der Waals surface area contributed by atoms with Crippen LogP contribution in [0.2, 0.25) is 0 Å². The van der Waals surface area contributed by atoms with Crippen molar-refractivity contribution in [2.24, 2.45) is 0 Å². The average Bonchev–Trinajstić information content (AvgIpc) is 2.43. The van der Waals surface area contributed by atoms with Gasteiger partial charge < -0.3 is 15.5 Å². The summed E-state index contributed by atoms with van der Waals surface area (Å²) in [6.07, 6.45) is 1.51. The molecule has 0 bridgehead atoms. The molecule has 1 amide bonds. The number of hydrogen-bond donors (Lipinski definition) is 3. The highest BCUT2D eigenvalue weighted by atomic mass is 32.2. The van der Waals surface area contributed by atoms with Gasteiger partial charge in [-0.05, 0) is 30.4 Å². The number of aliphatic carboxylic acids is 2. The Kier molecular flexibility index (Phi) is 6.74. The van der Waals surface area contributed by atoms with Crippen molar-refractivity contribution in [1.29, 1.82) is 0 Å². The van der Waals surface area contributed by atoms with E-state index in [4.69, 9.17) is 10.2 Å². The van der Waals surface area contributed by atoms with Crippen LogP contribution in [-0.2, 0) is 15.3 Å². The zero-order valence-corrected chi connectivity index (χ0v) is 12.4. The number of carboxylic acid groups (broad SMARTS) is 2. The summed E-state index contributed by atoms with van der Waals surface area (Å²) in [6, 6.07) is 5.64. The van der Waals surface area contributed by atoms with Crippen molar-refractivity contribution >= 4 is 29.6 Å². The Morgan fingerprint density at radius 2 is 1.81 bits per heavy atom. The number of amides is 1. The molecule has 0 spiro atoms. The molecule has 0 saturated heterocycles. The van der Waals surface area contributed by atoms with Crippen LogP contribution in [0.4, 0.5) is 0 Å². The van der Waals surface area contributed by atoms with E-state index in [1.807, 2.05) is 6.26 Å². The minimum absolute atomic E-state index is 0.152. The number of carbonyl (C=O) groups excluding carboxylic acids is 1. The zero-order chi connectivity index (χ0) is 15.8. The van der Waals surface area contributed by atoms with Gasteiger partial charge in [0.25, 0.3) is 5.91 Å². The van der Waals surface area contributed by atoms with Crippen LogP contribution < -0.4 is 5.32 Å². The minimum atomic E-state index is -1.25. The van der Waals surface area contributed by atoms with Crippen molar-refractivity contribution in [3.63, 3.8) is 0 Å². The maximum atomic E-state index is 11.9. The van der Waals surface area contributed by atoms with E-state index < -0.39 is 23.9 Å². The third-order valence-electron chi connectivity index (χ3n) is 2.78. The molecular formula is C14H17NO5S. The fourth-order valence-electron chi connectivity index (χ4n) is 1.69. The van der Waals surface area contributed by atoms with Crippen LogP contribution in [0.3, 0.4) is 0 Å². The number of thioether (sulfide) groups is 1. The molecule has 0 fully saturated rings. The first-order valence-corrected chi connectivity index (χ1v) is 7.66. The highest BCUT2D eigenvalue weighted by Gasteiger charge is 2.21. The van der Waals surface area contributed by atoms with Crippen molar-refractivity contribution in [2.75, 3.05) is 6.26 Å². The zero-order valence-electron chi connectivity index (χ0n) is 11.5. The maximum Gasteiger partial charge on any atom is 0.326 e. The molecule has 0 saturated carbocycles. The molecule has 0 aliphatic heterocycles. The lowest BCUT2D eigenvalue weighted by Gasteiger charge is -2.13. The molecule has 1 aromatic carbocycles. The van der Waals surface area contributed by atoms with Gasteiger partial charge in [0.2, 0.25) is 0 Å². The lowest BCUT2D eigenvalue weighted by molar-refractivity contribution is -0.140. The summed E-state index contributed by atoms with van der Waals surface area (Å²) in [7, 11) is 0. The fraction of sp³-hybridized carbons (Fsp3) is 0.357. The summed E-state index contributed by atoms with van der Waals surface area (Å²) in [5.41, 5.74) is 1.42. The van der Waals surface area contributed by atoms with Crippen molar-refractivity contribution in [3.8, 4) is 0 Å². The minimum Gasteiger partial charge on any atom is -0.481 e. The van der Waals surface area contributed by atoms with Gasteiger partial charge in [0, 0.05) is 17.7 Å². The first-order chi connectivity index (χ1) is 9.93. The lowest BCUT2D eigenvalue weighted by atomic mass is 10.1. The first-order valence-electron chi connectivity index (χ1n) is 6.27. The van der Waals surface area contributed by atoms with E-state index in [1.165, 1.54) is 0 Å². The third-order valence-corrected chi connectivity index (χ3v) is 3.40. The Labute approximate surface area is 126 Å². The molecule has 0 aromatic heterocycles. The summed E-state index contributed by atoms with van der Waals surface area (Å²) in [5, 5.41) is 19.9. The van der Waals surface area contributed by atoms with Crippen LogP contribution in [0.15, 0.2) is 24.3 Å². The Morgan fingerprint density at radius 1 is 1.19 bits per heavy atom. The topological polar surface area (TPSA) is 104 Å². The van der Waals surface area contributed by atoms with E-state index in [-0.39, 0.29) is 12.8 Å². The Bertz CT molecular complexity index is 515. The van der Waals surface area contributed by atoms with E-state index in [9.17, 15) is 14.4 Å². The van der Waals surface area contributed by atoms with Crippen molar-refractivity contribution in [1.82, 2.24) is 5.32 Å². The Balaban J connectivity index is 2.67. The second-order valence-corrected chi connectivity index (χ2v) is 5.29. The maximum absolute atomic E-state index is 11.9. The van der Waals surface area contributed by atoms with Gasteiger partial charge in [-0.25, -0.2) is 4.79 Å². The molecule has 0 radical (unpaired) electrons. The number of nitrogens with one attached hydrogen (secondary N) is 1. The lowest BCUT2D eigenvalue weighted by Crippen LogP contribution is -2.41. The van der Waals surface area contributed by atoms with Gasteiger partial charge in [-0.1, -0.05) is 12.1 Å². The quantitative estimate of drug-likeness (QED) is 0.673. The van der Waals surface area contributed by atoms with E-state index >= 15 is 0 Å². The van der Waals surface area contributed by atoms with Gasteiger partial charge in [0.05, 0.1) is 0 Å². The van der Waals surface area contributed by atoms with E-state index in [2.05, 4.69) is 5.32 Å². The van der Waals surface area contributed by atoms with E-state index in [1.54, 1.807) is 36.0 Å². The van der Waals surface area contributed by atoms with Crippen molar-refractivity contribution in [3.05, 3.63) is 35.4 Å². The molecule has 1 atom stereocenters. The van der Waals surface area contributed by atoms with Crippen LogP contribution in [0.1, 0.15) is 28.8 Å². The molecule has 1 unspecified atom stereocenters. The standard InChI is InChI=1S/C14H17NO5S/c1-21-8-9-2-4-10(5-3-9)13(18)15-11(14(19)20)6-7-12(16)17/h2-5,11H,6-8H2,1H3,(H,15,18)(H,16,17)(H,19,20). The van der Waals surface area contributed by atoms with Crippen LogP contribution in [0.5, 0.6) is 0 Å². The molecule has 6 nitrogen and oxygen atoms in total. The van der Waals surface area contributed by atoms with Crippen LogP contribution in [-0.4, -0.2) is 40.4 Å². The normalized spacial score (nSPS) is 11.7. The molecule has 1 aromatic rings. The second-order valence-electron chi connectivity index (χ2n) is 4.43. The number of carboxylic acids is 2. The molecular weight excluding hydrogens is 294 g/mol. The summed E-state index contributed by atoms with van der Waals surface area (Å²) < 4.78 is 0. The van der Waals surface area contributed by atoms with Crippen LogP contribution in [0.25, 0.3) is 0 Å². The van der Waals surface area contributed by atoms with Crippen molar-refractivity contribution < 1.29 is 24.6 Å². The summed E-state index contributed by atoms with van der Waals surface area (Å²) in [5.74, 6) is -2.04. The Hall–Kier alpha value is -2.02. The number of benzene rings is 1. The predicted octanol–water partition coefficient (Wildman–Crippen LogP) is 1.60. The van der Waals surface area contributed by atoms with E-state index in [0.29, 0.717) is 5.56 Å². The van der Waals surface area contributed by atoms with E-state index in [0.717, 1.165) is 11.3 Å². The highest BCUT2D eigenvalue weighted by Crippen LogP contribution is 2.11. The molecule has 21 heavy (non-hydrogen) atoms. The Morgan fingerprint density at radius 3 is 2.29 bits per heavy atom. The van der Waals surface area contributed by atoms with Gasteiger partial charge in [-0.15, -0.1) is 0 Å². The predicted molar refractivity (Wildman–Crippen MR) is 79.4 cm³/mol. The van der Waals surface area contributed by atoms with Gasteiger partial charge in [0.1, 0.15) is 6.04 Å². The van der Waals surface area contributed by atoms with Gasteiger partial charge >= 0.3 is 11.9 Å². The average molecular weight is 311 g/mol. The largest absolute Gasteiger partial charge is 0.481 e. The number of carbonyl (C=O) groups is 3. The molecule has 0 aliphatic carbocycles. The van der Waals surface area contributed by atoms with Crippen LogP contribution in [0, 0.1) is 0 Å². The van der Waals surface area contributed by atoms with Gasteiger partial charge in [0.15, 0.2) is 0 Å². The van der Waals surface area contributed by atoms with Gasteiger partial charge in [-0.2, -0.15) is 11.8 Å². The molecule has 0 aliphatic rings. The first kappa shape index (κ1) is 17.0. The summed E-state index contributed by atoms with van der Waals surface area (Å²) in [6.45, 7) is 0. The summed E-state index contributed by atoms with van der Waals surface area (Å²) in [4.78, 5) is 33.4. The highest BCUT2D eigenvalue weighted by molar-refractivity contribution is 7.97. The molecule has 3 N–H and O–H groups in total. The molecule has 0 heterocycles. The van der Waals surface area contributed by atoms with Crippen LogP contribution >= 0.6 is 11.8 Å². The SMILES string of the molecule is CSCc1ccc(C(=O)NC(CCC(=O)O)C(=O)O)cc1. The monoisotopic (exact) mass is 311 g/mol. The van der Waals surface area contributed by atoms with Gasteiger partial charge in [-0.3, -0.25) is 9.59 Å². The number of rotatable bonds is 8. The summed E-state index contributed by atoms with van der Waals surface area (Å²) >= 11 is 1.66. The molecule has 7 heteroatoms. The smallest absolute Gasteiger partial charge is 0.326 e. The fourth-order valence-corrected chi connectivity index (χ4v) is 2.21. The molecule has 114 valence electrons. The van der Waals surface area contributed by atoms with Crippen molar-refractivity contribution in [2.45, 2.75) is 24.6 Å². The number of hydrogen-bond acceptors (Lipinski definition) is 4. The molecule has 1 rings (SSSR count). The third kappa shape index (κ3) is 5.86. The second kappa shape index (κ2) is 8.31.